The van der Waals surface area contributed by atoms with E-state index in [4.69, 9.17) is 5.11 Å². The molecular weight excluding hydrogens is 296 g/mol. The Bertz CT molecular complexity index is 804. The molecule has 3 aromatic heterocycles. The predicted molar refractivity (Wildman–Crippen MR) is 77.7 cm³/mol. The van der Waals surface area contributed by atoms with Crippen molar-refractivity contribution in [3.8, 4) is 10.6 Å². The van der Waals surface area contributed by atoms with Crippen LogP contribution in [0.4, 0.5) is 0 Å². The van der Waals surface area contributed by atoms with Crippen molar-refractivity contribution in [2.45, 2.75) is 6.92 Å². The number of ketones is 1. The van der Waals surface area contributed by atoms with Gasteiger partial charge in [-0.2, -0.15) is 0 Å². The van der Waals surface area contributed by atoms with Crippen LogP contribution in [0.25, 0.3) is 20.8 Å². The molecule has 0 aromatic carbocycles. The Balaban J connectivity index is 2.16. The quantitative estimate of drug-likeness (QED) is 0.751. The van der Waals surface area contributed by atoms with Crippen LogP contribution < -0.4 is 0 Å². The molecule has 0 radical (unpaired) electrons. The molecule has 5 nitrogen and oxygen atoms in total. The van der Waals surface area contributed by atoms with Gasteiger partial charge in [-0.15, -0.1) is 22.7 Å². The summed E-state index contributed by atoms with van der Waals surface area (Å²) in [6.45, 7) is 1.34. The van der Waals surface area contributed by atoms with Crippen molar-refractivity contribution < 1.29 is 14.7 Å². The molecule has 3 heterocycles. The van der Waals surface area contributed by atoms with Crippen molar-refractivity contribution in [2.24, 2.45) is 0 Å². The number of thiazole rings is 1. The van der Waals surface area contributed by atoms with Crippen LogP contribution in [0.15, 0.2) is 23.7 Å². The number of aromatic carboxylic acids is 1. The lowest BCUT2D eigenvalue weighted by atomic mass is 10.2. The summed E-state index contributed by atoms with van der Waals surface area (Å²) in [5.74, 6) is -1.49. The minimum Gasteiger partial charge on any atom is -0.476 e. The van der Waals surface area contributed by atoms with Crippen molar-refractivity contribution >= 4 is 44.6 Å². The minimum absolute atomic E-state index is 0.166. The second-order valence-corrected chi connectivity index (χ2v) is 6.03. The molecule has 3 rings (SSSR count). The molecule has 7 heteroatoms. The number of carbonyl (C=O) groups is 2. The maximum atomic E-state index is 11.5. The first-order valence-electron chi connectivity index (χ1n) is 5.65. The third-order valence-corrected chi connectivity index (χ3v) is 4.76. The fraction of sp³-hybridized carbons (Fsp3) is 0.0769. The first-order chi connectivity index (χ1) is 9.56. The third-order valence-electron chi connectivity index (χ3n) is 2.70. The number of aromatic nitrogens is 2. The molecule has 0 aliphatic rings. The van der Waals surface area contributed by atoms with Crippen LogP contribution >= 0.6 is 22.7 Å². The van der Waals surface area contributed by atoms with E-state index >= 15 is 0 Å². The Hall–Kier alpha value is -2.12. The zero-order chi connectivity index (χ0) is 14.3. The van der Waals surface area contributed by atoms with E-state index in [0.29, 0.717) is 5.01 Å². The number of Topliss-reactive ketones (excluding diaryl/α,β-unsaturated/α-hetero) is 1. The lowest BCUT2D eigenvalue weighted by molar-refractivity contribution is 0.0687. The van der Waals surface area contributed by atoms with Crippen LogP contribution in [0.3, 0.4) is 0 Å². The van der Waals surface area contributed by atoms with Gasteiger partial charge >= 0.3 is 5.97 Å². The minimum atomic E-state index is -1.19. The Labute approximate surface area is 121 Å². The highest BCUT2D eigenvalue weighted by Crippen LogP contribution is 2.31. The summed E-state index contributed by atoms with van der Waals surface area (Å²) in [6.07, 6.45) is 1.64. The molecule has 3 aromatic rings. The van der Waals surface area contributed by atoms with Crippen LogP contribution in [0, 0.1) is 0 Å². The number of hydrogen-bond donors (Lipinski definition) is 1. The standard InChI is InChI=1S/C13H8N2O3S2/c1-6(16)11-10(13(17)18)15-12(20-11)7-4-9-8(14-5-7)2-3-19-9/h2-5H,1H3,(H,17,18). The highest BCUT2D eigenvalue weighted by atomic mass is 32.1. The molecule has 20 heavy (non-hydrogen) atoms. The average molecular weight is 304 g/mol. The van der Waals surface area contributed by atoms with Gasteiger partial charge in [-0.05, 0) is 17.5 Å². The van der Waals surface area contributed by atoms with Crippen molar-refractivity contribution in [1.29, 1.82) is 0 Å². The van der Waals surface area contributed by atoms with Gasteiger partial charge in [-0.25, -0.2) is 9.78 Å². The van der Waals surface area contributed by atoms with Gasteiger partial charge in [0.25, 0.3) is 0 Å². The normalized spacial score (nSPS) is 10.8. The Morgan fingerprint density at radius 2 is 2.15 bits per heavy atom. The van der Waals surface area contributed by atoms with E-state index in [2.05, 4.69) is 9.97 Å². The van der Waals surface area contributed by atoms with E-state index < -0.39 is 5.97 Å². The Morgan fingerprint density at radius 1 is 1.35 bits per heavy atom. The number of carboxylic acids is 1. The molecule has 0 unspecified atom stereocenters. The molecule has 0 saturated heterocycles. The van der Waals surface area contributed by atoms with Crippen LogP contribution in [-0.4, -0.2) is 26.8 Å². The molecule has 0 amide bonds. The van der Waals surface area contributed by atoms with Gasteiger partial charge in [0.15, 0.2) is 11.5 Å². The van der Waals surface area contributed by atoms with Gasteiger partial charge in [0, 0.05) is 18.7 Å². The van der Waals surface area contributed by atoms with E-state index in [1.807, 2.05) is 17.5 Å². The Kier molecular flexibility index (Phi) is 3.07. The van der Waals surface area contributed by atoms with E-state index in [-0.39, 0.29) is 16.4 Å². The number of hydrogen-bond acceptors (Lipinski definition) is 6. The van der Waals surface area contributed by atoms with Gasteiger partial charge in [0.05, 0.1) is 10.2 Å². The summed E-state index contributed by atoms with van der Waals surface area (Å²) >= 11 is 2.63. The van der Waals surface area contributed by atoms with Crippen LogP contribution in [0.5, 0.6) is 0 Å². The number of rotatable bonds is 3. The molecule has 1 N–H and O–H groups in total. The number of nitrogens with zero attached hydrogens (tertiary/aromatic N) is 2. The summed E-state index contributed by atoms with van der Waals surface area (Å²) in [6, 6.07) is 3.82. The van der Waals surface area contributed by atoms with Gasteiger partial charge < -0.3 is 5.11 Å². The fourth-order valence-corrected chi connectivity index (χ4v) is 3.50. The maximum absolute atomic E-state index is 11.5. The highest BCUT2D eigenvalue weighted by molar-refractivity contribution is 7.18. The largest absolute Gasteiger partial charge is 0.476 e. The van der Waals surface area contributed by atoms with Gasteiger partial charge in [-0.1, -0.05) is 0 Å². The fourth-order valence-electron chi connectivity index (χ4n) is 1.79. The van der Waals surface area contributed by atoms with E-state index in [1.165, 1.54) is 6.92 Å². The van der Waals surface area contributed by atoms with Crippen LogP contribution in [0.2, 0.25) is 0 Å². The summed E-state index contributed by atoms with van der Waals surface area (Å²) in [5, 5.41) is 11.5. The van der Waals surface area contributed by atoms with Crippen molar-refractivity contribution in [3.05, 3.63) is 34.3 Å². The molecular formula is C13H8N2O3S2. The molecule has 0 fully saturated rings. The number of thiophene rings is 1. The highest BCUT2D eigenvalue weighted by Gasteiger charge is 2.21. The van der Waals surface area contributed by atoms with Crippen molar-refractivity contribution in [1.82, 2.24) is 9.97 Å². The summed E-state index contributed by atoms with van der Waals surface area (Å²) in [7, 11) is 0. The molecule has 0 atom stereocenters. The molecule has 0 spiro atoms. The zero-order valence-corrected chi connectivity index (χ0v) is 11.9. The Morgan fingerprint density at radius 3 is 2.80 bits per heavy atom. The monoisotopic (exact) mass is 304 g/mol. The second kappa shape index (κ2) is 4.77. The van der Waals surface area contributed by atoms with E-state index in [1.54, 1.807) is 17.5 Å². The summed E-state index contributed by atoms with van der Waals surface area (Å²) < 4.78 is 0.999. The van der Waals surface area contributed by atoms with Crippen LogP contribution in [0.1, 0.15) is 27.1 Å². The van der Waals surface area contributed by atoms with Gasteiger partial charge in [0.2, 0.25) is 0 Å². The van der Waals surface area contributed by atoms with E-state index in [9.17, 15) is 9.59 Å². The third kappa shape index (κ3) is 2.10. The lowest BCUT2D eigenvalue weighted by Crippen LogP contribution is -2.03. The second-order valence-electron chi connectivity index (χ2n) is 4.09. The first kappa shape index (κ1) is 12.9. The number of carboxylic acid groups (broad SMARTS) is 1. The molecule has 0 saturated carbocycles. The summed E-state index contributed by atoms with van der Waals surface area (Å²) in [5.41, 5.74) is 1.42. The molecule has 0 aliphatic heterocycles. The van der Waals surface area contributed by atoms with Crippen molar-refractivity contribution in [3.63, 3.8) is 0 Å². The zero-order valence-electron chi connectivity index (χ0n) is 10.3. The smallest absolute Gasteiger partial charge is 0.356 e. The number of pyridine rings is 1. The van der Waals surface area contributed by atoms with Gasteiger partial charge in [0.1, 0.15) is 9.88 Å². The van der Waals surface area contributed by atoms with Crippen LogP contribution in [-0.2, 0) is 0 Å². The summed E-state index contributed by atoms with van der Waals surface area (Å²) in [4.78, 5) is 31.1. The molecule has 0 bridgehead atoms. The topological polar surface area (TPSA) is 80.2 Å². The lowest BCUT2D eigenvalue weighted by Gasteiger charge is -1.95. The number of carbonyl (C=O) groups excluding carboxylic acids is 1. The van der Waals surface area contributed by atoms with Crippen molar-refractivity contribution in [2.75, 3.05) is 0 Å². The van der Waals surface area contributed by atoms with Gasteiger partial charge in [-0.3, -0.25) is 9.78 Å². The number of fused-ring (bicyclic) bond motifs is 1. The van der Waals surface area contributed by atoms with E-state index in [0.717, 1.165) is 27.1 Å². The SMILES string of the molecule is CC(=O)c1sc(-c2cnc3ccsc3c2)nc1C(=O)O. The molecule has 100 valence electrons. The average Bonchev–Trinajstić information content (AvgIpc) is 3.04. The predicted octanol–water partition coefficient (Wildman–Crippen LogP) is 3.32. The molecule has 0 aliphatic carbocycles. The first-order valence-corrected chi connectivity index (χ1v) is 7.34. The maximum Gasteiger partial charge on any atom is 0.356 e.